The Morgan fingerprint density at radius 2 is 1.05 bits per heavy atom. The number of nitro groups is 2. The van der Waals surface area contributed by atoms with Crippen molar-refractivity contribution in [3.05, 3.63) is 237 Å². The van der Waals surface area contributed by atoms with E-state index in [4.69, 9.17) is 9.47 Å². The number of rotatable bonds is 4. The number of nitro benzene ring substituents is 2. The SMILES string of the molecule is C.C=C=C=C=C=C=C=C=C=C=C=C=C=C=C=C=C=C=C=C=C=C=C=C=C=C=C=C.O=[N+]([O-])c1ccc2c(c1)N(Cc1cnc[nH]1)CCCO2.O=[N+]([O-])c1ccc2c(c1)NCCCO2. The summed E-state index contributed by atoms with van der Waals surface area (Å²) in [5.41, 5.74) is 67.0. The molecular formula is C51H32N6O6. The number of hydrogen-bond acceptors (Lipinski definition) is 9. The third-order valence-electron chi connectivity index (χ3n) is 6.92. The van der Waals surface area contributed by atoms with Crippen LogP contribution in [0.1, 0.15) is 26.0 Å². The van der Waals surface area contributed by atoms with E-state index in [0.29, 0.717) is 36.9 Å². The van der Waals surface area contributed by atoms with Gasteiger partial charge >= 0.3 is 0 Å². The van der Waals surface area contributed by atoms with Crippen LogP contribution in [-0.4, -0.2) is 46.1 Å². The van der Waals surface area contributed by atoms with E-state index in [-0.39, 0.29) is 23.7 Å². The van der Waals surface area contributed by atoms with E-state index in [1.165, 1.54) is 18.2 Å². The van der Waals surface area contributed by atoms with E-state index in [0.717, 1.165) is 37.3 Å². The maximum atomic E-state index is 10.9. The van der Waals surface area contributed by atoms with Gasteiger partial charge in [0.2, 0.25) is 0 Å². The zero-order chi connectivity index (χ0) is 44.3. The molecule has 0 aliphatic carbocycles. The molecule has 2 aliphatic heterocycles. The molecule has 0 spiro atoms. The van der Waals surface area contributed by atoms with Gasteiger partial charge < -0.3 is 24.7 Å². The second-order valence-corrected chi connectivity index (χ2v) is 11.0. The molecule has 0 saturated heterocycles. The average molecular weight is 825 g/mol. The second kappa shape index (κ2) is 30.8. The van der Waals surface area contributed by atoms with Crippen molar-refractivity contribution in [2.75, 3.05) is 36.5 Å². The number of imidazole rings is 1. The summed E-state index contributed by atoms with van der Waals surface area (Å²) in [6.07, 6.45) is 5.15. The van der Waals surface area contributed by atoms with Crippen molar-refractivity contribution < 1.29 is 19.3 Å². The molecule has 5 rings (SSSR count). The van der Waals surface area contributed by atoms with Crippen molar-refractivity contribution in [3.8, 4) is 11.5 Å². The van der Waals surface area contributed by atoms with Crippen LogP contribution in [0.2, 0.25) is 0 Å². The highest BCUT2D eigenvalue weighted by Gasteiger charge is 2.20. The normalized spacial score (nSPS) is 9.49. The van der Waals surface area contributed by atoms with E-state index in [2.05, 4.69) is 182 Å². The lowest BCUT2D eigenvalue weighted by Gasteiger charge is -2.22. The minimum atomic E-state index is -0.410. The molecule has 0 bridgehead atoms. The quantitative estimate of drug-likeness (QED) is 0.149. The third-order valence-corrected chi connectivity index (χ3v) is 6.92. The number of ether oxygens (including phenoxy) is 2. The molecule has 2 aromatic carbocycles. The lowest BCUT2D eigenvalue weighted by Crippen LogP contribution is -2.23. The smallest absolute Gasteiger partial charge is 0.271 e. The van der Waals surface area contributed by atoms with Gasteiger partial charge in [-0.1, -0.05) is 18.9 Å². The molecule has 0 unspecified atom stereocenters. The van der Waals surface area contributed by atoms with Gasteiger partial charge in [0, 0.05) is 89.4 Å². The number of non-ortho nitro benzene ring substituents is 2. The first-order chi connectivity index (χ1) is 30.4. The maximum absolute atomic E-state index is 10.9. The number of fused-ring (bicyclic) bond motifs is 2. The Bertz CT molecular complexity index is 3100. The van der Waals surface area contributed by atoms with Crippen LogP contribution in [0.5, 0.6) is 11.5 Å². The molecule has 0 saturated carbocycles. The minimum Gasteiger partial charge on any atom is -0.491 e. The van der Waals surface area contributed by atoms with Gasteiger partial charge in [-0.2, -0.15) is 0 Å². The molecule has 0 fully saturated rings. The summed E-state index contributed by atoms with van der Waals surface area (Å²) >= 11 is 0. The van der Waals surface area contributed by atoms with Gasteiger partial charge in [-0.25, -0.2) is 4.98 Å². The fourth-order valence-electron chi connectivity index (χ4n) is 4.44. The first-order valence-corrected chi connectivity index (χ1v) is 17.8. The largest absolute Gasteiger partial charge is 0.491 e. The lowest BCUT2D eigenvalue weighted by atomic mass is 10.2. The molecule has 12 nitrogen and oxygen atoms in total. The number of aromatic nitrogens is 2. The van der Waals surface area contributed by atoms with Crippen molar-refractivity contribution >= 4 is 22.7 Å². The predicted octanol–water partition coefficient (Wildman–Crippen LogP) is 9.37. The summed E-state index contributed by atoms with van der Waals surface area (Å²) in [7, 11) is 0. The van der Waals surface area contributed by atoms with Crippen molar-refractivity contribution in [1.29, 1.82) is 0 Å². The van der Waals surface area contributed by atoms with Gasteiger partial charge in [0.15, 0.2) is 0 Å². The number of anilines is 2. The Morgan fingerprint density at radius 1 is 0.619 bits per heavy atom. The number of nitrogens with zero attached hydrogens (tertiary/aromatic N) is 4. The molecule has 1 aromatic heterocycles. The zero-order valence-electron chi connectivity index (χ0n) is 32.7. The van der Waals surface area contributed by atoms with Crippen LogP contribution in [-0.2, 0) is 6.54 Å². The first kappa shape index (κ1) is 48.8. The average Bonchev–Trinajstić information content (AvgIpc) is 3.57. The van der Waals surface area contributed by atoms with Crippen LogP contribution >= 0.6 is 0 Å². The van der Waals surface area contributed by atoms with Gasteiger partial charge in [0.1, 0.15) is 11.5 Å². The second-order valence-electron chi connectivity index (χ2n) is 11.0. The van der Waals surface area contributed by atoms with Crippen LogP contribution in [0.3, 0.4) is 0 Å². The van der Waals surface area contributed by atoms with Gasteiger partial charge in [-0.15, -0.1) is 0 Å². The molecule has 302 valence electrons. The Hall–Kier alpha value is -10.3. The van der Waals surface area contributed by atoms with Crippen LogP contribution in [0, 0.1) is 20.2 Å². The molecule has 0 radical (unpaired) electrons. The molecular weight excluding hydrogens is 793 g/mol. The van der Waals surface area contributed by atoms with Crippen molar-refractivity contribution in [1.82, 2.24) is 9.97 Å². The van der Waals surface area contributed by atoms with E-state index in [1.807, 2.05) is 0 Å². The van der Waals surface area contributed by atoms with Crippen LogP contribution in [0.25, 0.3) is 0 Å². The number of hydrogen-bond donors (Lipinski definition) is 2. The Balaban J connectivity index is 0.000000339. The van der Waals surface area contributed by atoms with Gasteiger partial charge in [0.25, 0.3) is 11.4 Å². The highest BCUT2D eigenvalue weighted by molar-refractivity contribution is 5.64. The summed E-state index contributed by atoms with van der Waals surface area (Å²) in [6.45, 7) is 10.1. The Morgan fingerprint density at radius 3 is 1.49 bits per heavy atom. The zero-order valence-corrected chi connectivity index (χ0v) is 32.7. The fourth-order valence-corrected chi connectivity index (χ4v) is 4.44. The maximum Gasteiger partial charge on any atom is 0.271 e. The van der Waals surface area contributed by atoms with Crippen molar-refractivity contribution in [2.24, 2.45) is 0 Å². The van der Waals surface area contributed by atoms with Crippen LogP contribution in [0.4, 0.5) is 22.7 Å². The monoisotopic (exact) mass is 824 g/mol. The number of benzene rings is 2. The summed E-state index contributed by atoms with van der Waals surface area (Å²) in [5, 5.41) is 24.5. The highest BCUT2D eigenvalue weighted by atomic mass is 16.6. The number of H-pyrrole nitrogens is 1. The van der Waals surface area contributed by atoms with Gasteiger partial charge in [-0.3, -0.25) is 20.2 Å². The Labute approximate surface area is 362 Å². The summed E-state index contributed by atoms with van der Waals surface area (Å²) < 4.78 is 11.0. The van der Waals surface area contributed by atoms with E-state index in [1.54, 1.807) is 30.7 Å². The summed E-state index contributed by atoms with van der Waals surface area (Å²) in [6, 6.07) is 9.28. The minimum absolute atomic E-state index is 0. The van der Waals surface area contributed by atoms with Gasteiger partial charge in [0.05, 0.1) is 53.0 Å². The van der Waals surface area contributed by atoms with E-state index < -0.39 is 4.92 Å². The molecule has 3 heterocycles. The molecule has 63 heavy (non-hydrogen) atoms. The number of aromatic amines is 1. The third kappa shape index (κ3) is 20.6. The topological polar surface area (TPSA) is 149 Å². The lowest BCUT2D eigenvalue weighted by molar-refractivity contribution is -0.385. The summed E-state index contributed by atoms with van der Waals surface area (Å²) in [5.74, 6) is 1.38. The first-order valence-electron chi connectivity index (χ1n) is 17.8. The van der Waals surface area contributed by atoms with Crippen molar-refractivity contribution in [2.45, 2.75) is 26.8 Å². The highest BCUT2D eigenvalue weighted by Crippen LogP contribution is 2.35. The molecule has 3 aromatic rings. The molecule has 0 atom stereocenters. The Kier molecular flexibility index (Phi) is 23.8. The van der Waals surface area contributed by atoms with E-state index >= 15 is 0 Å². The standard InChI is InChI=1S/C28H4.C13H14N4O3.C9H10N2O3.CH4/c1-3-5-7-9-11-13-15-17-19-21-23-25-27-28-26-24-22-20-18-16-14-12-10-8-6-4-2;18-17(19)11-2-3-13-12(6-11)16(4-1-5-20-13)8-10-7-14-9-15-10;12-11(13)7-2-3-9-8(6-7)10-4-1-5-14-9;/h1-2H2;2-3,6-7,9H,1,4-5,8H2,(H,14,15);2-3,6,10H,1,4-5H2;1H4. The molecule has 0 amide bonds. The molecule has 2 aliphatic rings. The molecule has 12 heteroatoms. The van der Waals surface area contributed by atoms with Crippen molar-refractivity contribution in [3.63, 3.8) is 0 Å². The van der Waals surface area contributed by atoms with E-state index in [9.17, 15) is 20.2 Å². The van der Waals surface area contributed by atoms with Crippen LogP contribution in [0.15, 0.2) is 211 Å². The predicted molar refractivity (Wildman–Crippen MR) is 234 cm³/mol. The number of nitrogens with one attached hydrogen (secondary N) is 2. The van der Waals surface area contributed by atoms with Gasteiger partial charge in [-0.05, 0) is 130 Å². The summed E-state index contributed by atoms with van der Waals surface area (Å²) in [4.78, 5) is 29.7. The molecule has 2 N–H and O–H groups in total. The van der Waals surface area contributed by atoms with Crippen LogP contribution < -0.4 is 19.7 Å². The fraction of sp³-hybridized carbons (Fsp3) is 0.157.